The van der Waals surface area contributed by atoms with Gasteiger partial charge >= 0.3 is 5.97 Å². The molecule has 0 fully saturated rings. The predicted octanol–water partition coefficient (Wildman–Crippen LogP) is 3.24. The van der Waals surface area contributed by atoms with Gasteiger partial charge in [-0.25, -0.2) is 9.37 Å². The van der Waals surface area contributed by atoms with Gasteiger partial charge in [-0.3, -0.25) is 4.79 Å². The summed E-state index contributed by atoms with van der Waals surface area (Å²) in [4.78, 5) is 15.5. The molecule has 2 rings (SSSR count). The van der Waals surface area contributed by atoms with E-state index in [1.807, 2.05) is 0 Å². The van der Waals surface area contributed by atoms with Crippen LogP contribution in [-0.2, 0) is 22.0 Å². The van der Waals surface area contributed by atoms with E-state index < -0.39 is 0 Å². The van der Waals surface area contributed by atoms with Crippen LogP contribution in [0.1, 0.15) is 12.2 Å². The summed E-state index contributed by atoms with van der Waals surface area (Å²) < 4.78 is 20.3. The summed E-state index contributed by atoms with van der Waals surface area (Å²) in [5.74, 6) is 0.0700. The molecule has 0 unspecified atom stereocenters. The largest absolute Gasteiger partial charge is 0.469 e. The quantitative estimate of drug-likeness (QED) is 0.629. The maximum Gasteiger partial charge on any atom is 0.307 e. The summed E-state index contributed by atoms with van der Waals surface area (Å²) >= 11 is 8.94. The van der Waals surface area contributed by atoms with Crippen molar-refractivity contribution in [2.45, 2.75) is 18.8 Å². The molecular formula is C12H11BrClFN2O2. The fourth-order valence-electron chi connectivity index (χ4n) is 1.83. The highest BCUT2D eigenvalue weighted by Crippen LogP contribution is 2.25. The highest BCUT2D eigenvalue weighted by atomic mass is 79.9. The topological polar surface area (TPSA) is 44.1 Å². The van der Waals surface area contributed by atoms with Crippen molar-refractivity contribution in [1.82, 2.24) is 9.55 Å². The Balaban J connectivity index is 2.44. The standard InChI is InChI=1S/C12H11BrClFN2O2/c1-19-12(18)2-3-17-10-5-8(15)7(13)4-9(10)16-11(17)6-14/h4-5H,2-3,6H2,1H3. The van der Waals surface area contributed by atoms with Crippen molar-refractivity contribution in [2.24, 2.45) is 0 Å². The Kier molecular flexibility index (Phi) is 4.42. The van der Waals surface area contributed by atoms with Gasteiger partial charge in [0.05, 0.1) is 34.9 Å². The lowest BCUT2D eigenvalue weighted by molar-refractivity contribution is -0.140. The van der Waals surface area contributed by atoms with Crippen molar-refractivity contribution in [3.63, 3.8) is 0 Å². The summed E-state index contributed by atoms with van der Waals surface area (Å²) in [7, 11) is 1.33. The molecule has 19 heavy (non-hydrogen) atoms. The highest BCUT2D eigenvalue weighted by molar-refractivity contribution is 9.10. The van der Waals surface area contributed by atoms with E-state index in [-0.39, 0.29) is 24.1 Å². The number of alkyl halides is 1. The van der Waals surface area contributed by atoms with E-state index in [1.165, 1.54) is 13.2 Å². The minimum absolute atomic E-state index is 0.184. The fourth-order valence-corrected chi connectivity index (χ4v) is 2.36. The molecular weight excluding hydrogens is 338 g/mol. The first-order valence-corrected chi connectivity index (χ1v) is 6.86. The number of imidazole rings is 1. The first-order chi connectivity index (χ1) is 9.06. The first-order valence-electron chi connectivity index (χ1n) is 5.53. The minimum Gasteiger partial charge on any atom is -0.469 e. The molecule has 0 saturated heterocycles. The Morgan fingerprint density at radius 3 is 2.95 bits per heavy atom. The normalized spacial score (nSPS) is 10.9. The van der Waals surface area contributed by atoms with Gasteiger partial charge in [-0.1, -0.05) is 0 Å². The molecule has 1 heterocycles. The SMILES string of the molecule is COC(=O)CCn1c(CCl)nc2cc(Br)c(F)cc21. The van der Waals surface area contributed by atoms with Crippen LogP contribution in [0.3, 0.4) is 0 Å². The molecule has 1 aromatic heterocycles. The maximum absolute atomic E-state index is 13.6. The third-order valence-corrected chi connectivity index (χ3v) is 3.60. The van der Waals surface area contributed by atoms with Gasteiger partial charge in [-0.15, -0.1) is 11.6 Å². The second kappa shape index (κ2) is 5.88. The molecule has 0 radical (unpaired) electrons. The summed E-state index contributed by atoms with van der Waals surface area (Å²) in [6.07, 6.45) is 0.184. The third kappa shape index (κ3) is 2.90. The molecule has 0 aliphatic carbocycles. The van der Waals surface area contributed by atoms with Gasteiger partial charge in [0, 0.05) is 12.6 Å². The Hall–Kier alpha value is -1.14. The summed E-state index contributed by atoms with van der Waals surface area (Å²) in [5, 5.41) is 0. The van der Waals surface area contributed by atoms with Crippen LogP contribution in [0.5, 0.6) is 0 Å². The van der Waals surface area contributed by atoms with E-state index in [0.29, 0.717) is 27.9 Å². The number of carbonyl (C=O) groups is 1. The van der Waals surface area contributed by atoms with Gasteiger partial charge in [0.2, 0.25) is 0 Å². The lowest BCUT2D eigenvalue weighted by atomic mass is 10.3. The van der Waals surface area contributed by atoms with Gasteiger partial charge in [-0.2, -0.15) is 0 Å². The van der Waals surface area contributed by atoms with Crippen LogP contribution in [-0.4, -0.2) is 22.6 Å². The van der Waals surface area contributed by atoms with Crippen LogP contribution in [0.2, 0.25) is 0 Å². The van der Waals surface area contributed by atoms with Crippen LogP contribution in [0.4, 0.5) is 4.39 Å². The number of nitrogens with zero attached hydrogens (tertiary/aromatic N) is 2. The number of hydrogen-bond acceptors (Lipinski definition) is 3. The minimum atomic E-state index is -0.382. The lowest BCUT2D eigenvalue weighted by Crippen LogP contribution is -2.09. The van der Waals surface area contributed by atoms with E-state index in [1.54, 1.807) is 10.6 Å². The second-order valence-corrected chi connectivity index (χ2v) is 5.02. The van der Waals surface area contributed by atoms with E-state index in [9.17, 15) is 9.18 Å². The summed E-state index contributed by atoms with van der Waals surface area (Å²) in [6.45, 7) is 0.353. The summed E-state index contributed by atoms with van der Waals surface area (Å²) in [5.41, 5.74) is 1.24. The van der Waals surface area contributed by atoms with Gasteiger partial charge in [0.25, 0.3) is 0 Å². The Morgan fingerprint density at radius 1 is 1.58 bits per heavy atom. The number of benzene rings is 1. The molecule has 0 aliphatic heterocycles. The molecule has 0 atom stereocenters. The number of hydrogen-bond donors (Lipinski definition) is 0. The number of fused-ring (bicyclic) bond motifs is 1. The van der Waals surface area contributed by atoms with Crippen LogP contribution >= 0.6 is 27.5 Å². The van der Waals surface area contributed by atoms with Crippen LogP contribution in [0.25, 0.3) is 11.0 Å². The Morgan fingerprint density at radius 2 is 2.32 bits per heavy atom. The molecule has 0 spiro atoms. The molecule has 7 heteroatoms. The highest BCUT2D eigenvalue weighted by Gasteiger charge is 2.14. The van der Waals surface area contributed by atoms with E-state index in [0.717, 1.165) is 0 Å². The zero-order valence-corrected chi connectivity index (χ0v) is 12.5. The van der Waals surface area contributed by atoms with Crippen molar-refractivity contribution < 1.29 is 13.9 Å². The van der Waals surface area contributed by atoms with Crippen LogP contribution in [0, 0.1) is 5.82 Å². The Labute approximate surface area is 122 Å². The molecule has 0 bridgehead atoms. The number of halogens is 3. The predicted molar refractivity (Wildman–Crippen MR) is 73.6 cm³/mol. The number of rotatable bonds is 4. The molecule has 102 valence electrons. The van der Waals surface area contributed by atoms with E-state index in [2.05, 4.69) is 25.7 Å². The van der Waals surface area contributed by atoms with Crippen molar-refractivity contribution in [2.75, 3.05) is 7.11 Å². The molecule has 0 saturated carbocycles. The van der Waals surface area contributed by atoms with Gasteiger partial charge < -0.3 is 9.30 Å². The molecule has 1 aromatic carbocycles. The molecule has 0 N–H and O–H groups in total. The fraction of sp³-hybridized carbons (Fsp3) is 0.333. The number of methoxy groups -OCH3 is 1. The third-order valence-electron chi connectivity index (χ3n) is 2.76. The zero-order valence-electron chi connectivity index (χ0n) is 10.1. The second-order valence-electron chi connectivity index (χ2n) is 3.89. The van der Waals surface area contributed by atoms with Crippen molar-refractivity contribution in [1.29, 1.82) is 0 Å². The van der Waals surface area contributed by atoms with Crippen LogP contribution in [0.15, 0.2) is 16.6 Å². The average Bonchev–Trinajstić information content (AvgIpc) is 2.73. The molecule has 2 aromatic rings. The van der Waals surface area contributed by atoms with Gasteiger partial charge in [0.15, 0.2) is 0 Å². The average molecular weight is 350 g/mol. The van der Waals surface area contributed by atoms with Crippen molar-refractivity contribution in [3.05, 3.63) is 28.2 Å². The van der Waals surface area contributed by atoms with E-state index in [4.69, 9.17) is 11.6 Å². The number of ether oxygens (including phenoxy) is 1. The van der Waals surface area contributed by atoms with Crippen molar-refractivity contribution >= 4 is 44.5 Å². The maximum atomic E-state index is 13.6. The monoisotopic (exact) mass is 348 g/mol. The Bertz CT molecular complexity index is 630. The van der Waals surface area contributed by atoms with Gasteiger partial charge in [-0.05, 0) is 22.0 Å². The number of esters is 1. The van der Waals surface area contributed by atoms with Crippen LogP contribution < -0.4 is 0 Å². The molecule has 0 amide bonds. The van der Waals surface area contributed by atoms with E-state index >= 15 is 0 Å². The summed E-state index contributed by atoms with van der Waals surface area (Å²) in [6, 6.07) is 2.97. The van der Waals surface area contributed by atoms with Gasteiger partial charge in [0.1, 0.15) is 11.6 Å². The first kappa shape index (κ1) is 14.3. The van der Waals surface area contributed by atoms with Crippen molar-refractivity contribution in [3.8, 4) is 0 Å². The zero-order chi connectivity index (χ0) is 14.0. The lowest BCUT2D eigenvalue weighted by Gasteiger charge is -2.06. The molecule has 4 nitrogen and oxygen atoms in total. The number of carbonyl (C=O) groups excluding carboxylic acids is 1. The number of aryl methyl sites for hydroxylation is 1. The molecule has 0 aliphatic rings. The smallest absolute Gasteiger partial charge is 0.307 e. The number of aromatic nitrogens is 2.